The molecule has 2 aromatic heterocycles. The maximum atomic E-state index is 13.3. The average molecular weight is 444 g/mol. The van der Waals surface area contributed by atoms with Crippen LogP contribution in [-0.4, -0.2) is 16.9 Å². The van der Waals surface area contributed by atoms with Crippen molar-refractivity contribution in [1.82, 2.24) is 4.98 Å². The zero-order valence-corrected chi connectivity index (χ0v) is 17.9. The molecule has 2 fully saturated rings. The molecule has 0 spiro atoms. The number of halogens is 3. The topological polar surface area (TPSA) is 30.0 Å². The van der Waals surface area contributed by atoms with E-state index in [0.717, 1.165) is 44.1 Å². The first kappa shape index (κ1) is 20.7. The molecule has 6 heteroatoms. The number of alkyl halides is 3. The molecular formula is C25H24F3NOS. The maximum absolute atomic E-state index is 13.3. The first-order valence-corrected chi connectivity index (χ1v) is 11.8. The Labute approximate surface area is 183 Å². The van der Waals surface area contributed by atoms with Gasteiger partial charge in [0.05, 0.1) is 12.1 Å². The van der Waals surface area contributed by atoms with Gasteiger partial charge in [-0.25, -0.2) is 4.98 Å². The van der Waals surface area contributed by atoms with E-state index in [1.807, 2.05) is 0 Å². The van der Waals surface area contributed by atoms with Gasteiger partial charge < -0.3 is 0 Å². The summed E-state index contributed by atoms with van der Waals surface area (Å²) in [5.74, 6) is 0.508. The van der Waals surface area contributed by atoms with Crippen molar-refractivity contribution in [1.29, 1.82) is 0 Å². The molecule has 0 unspecified atom stereocenters. The number of Topliss-reactive ketones (excluding diaryl/α,β-unsaturated/α-hetero) is 1. The third-order valence-corrected chi connectivity index (χ3v) is 7.55. The van der Waals surface area contributed by atoms with Crippen LogP contribution in [0.25, 0.3) is 10.1 Å². The highest BCUT2D eigenvalue weighted by molar-refractivity contribution is 7.17. The predicted molar refractivity (Wildman–Crippen MR) is 117 cm³/mol. The predicted octanol–water partition coefficient (Wildman–Crippen LogP) is 7.44. The number of carbonyl (C=O) groups excluding carboxylic acids is 1. The number of hydrogen-bond acceptors (Lipinski definition) is 3. The molecule has 0 radical (unpaired) electrons. The lowest BCUT2D eigenvalue weighted by Crippen LogP contribution is -2.24. The minimum absolute atomic E-state index is 0.0572. The van der Waals surface area contributed by atoms with Gasteiger partial charge in [-0.05, 0) is 90.5 Å². The molecule has 1 aromatic carbocycles. The maximum Gasteiger partial charge on any atom is 0.394 e. The first-order chi connectivity index (χ1) is 14.9. The monoisotopic (exact) mass is 443 g/mol. The standard InChI is InChI=1S/C25H24F3NOS/c26-25(27,28)14-20-9-10-21(16-3-4-16)23(29-20)24(30)18-6-1-15(2-7-18)19-8-5-17-11-12-31-22(17)13-19/h5,8-13,15-16,18H,1-4,6-7,14H2. The fourth-order valence-electron chi connectivity index (χ4n) is 4.84. The molecule has 0 N–H and O–H groups in total. The van der Waals surface area contributed by atoms with E-state index < -0.39 is 12.6 Å². The van der Waals surface area contributed by atoms with E-state index in [1.54, 1.807) is 17.4 Å². The van der Waals surface area contributed by atoms with E-state index in [1.165, 1.54) is 21.7 Å². The van der Waals surface area contributed by atoms with Gasteiger partial charge in [0.2, 0.25) is 0 Å². The Bertz CT molecular complexity index is 1110. The number of hydrogen-bond donors (Lipinski definition) is 0. The molecule has 3 aromatic rings. The summed E-state index contributed by atoms with van der Waals surface area (Å²) in [7, 11) is 0. The van der Waals surface area contributed by atoms with Crippen LogP contribution in [-0.2, 0) is 6.42 Å². The van der Waals surface area contributed by atoms with Crippen LogP contribution < -0.4 is 0 Å². The third kappa shape index (κ3) is 4.54. The summed E-state index contributed by atoms with van der Waals surface area (Å²) in [6.45, 7) is 0. The quantitative estimate of drug-likeness (QED) is 0.384. The molecule has 162 valence electrons. The molecule has 0 atom stereocenters. The van der Waals surface area contributed by atoms with Gasteiger partial charge in [0.15, 0.2) is 5.78 Å². The minimum atomic E-state index is -4.32. The SMILES string of the molecule is O=C(c1nc(CC(F)(F)F)ccc1C1CC1)C1CCC(c2ccc3ccsc3c2)CC1. The van der Waals surface area contributed by atoms with E-state index in [4.69, 9.17) is 0 Å². The second-order valence-electron chi connectivity index (χ2n) is 8.94. The van der Waals surface area contributed by atoms with Crippen molar-refractivity contribution in [3.05, 3.63) is 64.3 Å². The van der Waals surface area contributed by atoms with Gasteiger partial charge in [0.25, 0.3) is 0 Å². The number of ketones is 1. The summed E-state index contributed by atoms with van der Waals surface area (Å²) in [5.41, 5.74) is 2.41. The minimum Gasteiger partial charge on any atom is -0.292 e. The molecule has 0 saturated heterocycles. The van der Waals surface area contributed by atoms with Crippen molar-refractivity contribution in [3.8, 4) is 0 Å². The Balaban J connectivity index is 1.32. The van der Waals surface area contributed by atoms with Crippen LogP contribution in [0, 0.1) is 5.92 Å². The van der Waals surface area contributed by atoms with E-state index in [9.17, 15) is 18.0 Å². The van der Waals surface area contributed by atoms with Gasteiger partial charge in [0.1, 0.15) is 5.69 Å². The molecule has 0 bridgehead atoms. The zero-order chi connectivity index (χ0) is 21.6. The van der Waals surface area contributed by atoms with Crippen LogP contribution in [0.3, 0.4) is 0 Å². The van der Waals surface area contributed by atoms with Crippen molar-refractivity contribution < 1.29 is 18.0 Å². The Kier molecular flexibility index (Phi) is 5.37. The van der Waals surface area contributed by atoms with E-state index in [2.05, 4.69) is 34.6 Å². The lowest BCUT2D eigenvalue weighted by molar-refractivity contribution is -0.127. The van der Waals surface area contributed by atoms with Gasteiger partial charge in [-0.3, -0.25) is 4.79 Å². The summed E-state index contributed by atoms with van der Waals surface area (Å²) in [4.78, 5) is 17.5. The molecule has 2 nitrogen and oxygen atoms in total. The third-order valence-electron chi connectivity index (χ3n) is 6.67. The van der Waals surface area contributed by atoms with Crippen molar-refractivity contribution >= 4 is 27.2 Å². The van der Waals surface area contributed by atoms with Crippen LogP contribution in [0.4, 0.5) is 13.2 Å². The van der Waals surface area contributed by atoms with Crippen LogP contribution in [0.1, 0.15) is 77.7 Å². The van der Waals surface area contributed by atoms with Gasteiger partial charge in [0, 0.05) is 10.6 Å². The highest BCUT2D eigenvalue weighted by Gasteiger charge is 2.35. The van der Waals surface area contributed by atoms with Crippen LogP contribution in [0.15, 0.2) is 41.8 Å². The molecule has 31 heavy (non-hydrogen) atoms. The molecule has 2 aliphatic carbocycles. The summed E-state index contributed by atoms with van der Waals surface area (Å²) >= 11 is 1.74. The number of aromatic nitrogens is 1. The van der Waals surface area contributed by atoms with Crippen LogP contribution in [0.2, 0.25) is 0 Å². The molecular weight excluding hydrogens is 419 g/mol. The van der Waals surface area contributed by atoms with Gasteiger partial charge in [-0.15, -0.1) is 11.3 Å². The molecule has 0 aliphatic heterocycles. The number of pyridine rings is 1. The first-order valence-electron chi connectivity index (χ1n) is 11.0. The number of benzene rings is 1. The summed E-state index contributed by atoms with van der Waals surface area (Å²) in [6.07, 6.45) is -0.0611. The van der Waals surface area contributed by atoms with E-state index in [0.29, 0.717) is 11.6 Å². The van der Waals surface area contributed by atoms with Crippen LogP contribution in [0.5, 0.6) is 0 Å². The zero-order valence-electron chi connectivity index (χ0n) is 17.1. The Morgan fingerprint density at radius 2 is 1.71 bits per heavy atom. The lowest BCUT2D eigenvalue weighted by Gasteiger charge is -2.28. The number of carbonyl (C=O) groups is 1. The summed E-state index contributed by atoms with van der Waals surface area (Å²) < 4.78 is 39.9. The van der Waals surface area contributed by atoms with Crippen molar-refractivity contribution in [2.24, 2.45) is 5.92 Å². The molecule has 2 saturated carbocycles. The van der Waals surface area contributed by atoms with Crippen molar-refractivity contribution in [3.63, 3.8) is 0 Å². The molecule has 2 heterocycles. The summed E-state index contributed by atoms with van der Waals surface area (Å²) in [5, 5.41) is 3.36. The largest absolute Gasteiger partial charge is 0.394 e. The fraction of sp³-hybridized carbons (Fsp3) is 0.440. The summed E-state index contributed by atoms with van der Waals surface area (Å²) in [6, 6.07) is 11.9. The van der Waals surface area contributed by atoms with Gasteiger partial charge in [-0.1, -0.05) is 18.2 Å². The molecule has 5 rings (SSSR count). The number of nitrogens with zero attached hydrogens (tertiary/aromatic N) is 1. The average Bonchev–Trinajstić information content (AvgIpc) is 3.48. The van der Waals surface area contributed by atoms with Crippen molar-refractivity contribution in [2.45, 2.75) is 63.0 Å². The number of fused-ring (bicyclic) bond motifs is 1. The van der Waals surface area contributed by atoms with E-state index >= 15 is 0 Å². The van der Waals surface area contributed by atoms with E-state index in [-0.39, 0.29) is 23.3 Å². The smallest absolute Gasteiger partial charge is 0.292 e. The second-order valence-corrected chi connectivity index (χ2v) is 9.89. The Hall–Kier alpha value is -2.21. The number of thiophene rings is 1. The Morgan fingerprint density at radius 1 is 0.968 bits per heavy atom. The van der Waals surface area contributed by atoms with Gasteiger partial charge in [-0.2, -0.15) is 13.2 Å². The van der Waals surface area contributed by atoms with Crippen LogP contribution >= 0.6 is 11.3 Å². The normalized spacial score (nSPS) is 22.0. The van der Waals surface area contributed by atoms with Gasteiger partial charge >= 0.3 is 6.18 Å². The van der Waals surface area contributed by atoms with Crippen molar-refractivity contribution in [2.75, 3.05) is 0 Å². The highest BCUT2D eigenvalue weighted by Crippen LogP contribution is 2.44. The molecule has 2 aliphatic rings. The highest BCUT2D eigenvalue weighted by atomic mass is 32.1. The Morgan fingerprint density at radius 3 is 2.42 bits per heavy atom. The second kappa shape index (κ2) is 8.05. The molecule has 0 amide bonds. The lowest BCUT2D eigenvalue weighted by atomic mass is 9.76. The number of rotatable bonds is 5. The fourth-order valence-corrected chi connectivity index (χ4v) is 5.68.